The summed E-state index contributed by atoms with van der Waals surface area (Å²) >= 11 is 0. The first kappa shape index (κ1) is 16.4. The van der Waals surface area contributed by atoms with Gasteiger partial charge in [0.1, 0.15) is 11.9 Å². The number of hydrogen-bond acceptors (Lipinski definition) is 3. The van der Waals surface area contributed by atoms with Crippen LogP contribution >= 0.6 is 0 Å². The standard InChI is InChI=1S/C20H28O3/c1-12(2)8-19(21)23-17-7-6-15-9-18-16(13(3)11-22-18)10-20(15,5)14(17)4/h8,11,14-15,17H,6-7,9-10H2,1-5H3/t14-,15+,17-,20+/m0/s1. The second kappa shape index (κ2) is 5.85. The molecule has 3 heteroatoms. The summed E-state index contributed by atoms with van der Waals surface area (Å²) in [5.41, 5.74) is 3.80. The van der Waals surface area contributed by atoms with E-state index in [1.807, 2.05) is 20.1 Å². The van der Waals surface area contributed by atoms with E-state index in [-0.39, 0.29) is 17.5 Å². The maximum absolute atomic E-state index is 12.0. The van der Waals surface area contributed by atoms with Crippen molar-refractivity contribution in [1.29, 1.82) is 0 Å². The molecule has 0 aliphatic heterocycles. The SMILES string of the molecule is CC(C)=CC(=O)O[C@H]1CC[C@@H]2Cc3occ(C)c3C[C@]2(C)[C@H]1C. The predicted molar refractivity (Wildman–Crippen MR) is 90.2 cm³/mol. The Hall–Kier alpha value is -1.51. The lowest BCUT2D eigenvalue weighted by atomic mass is 9.55. The van der Waals surface area contributed by atoms with Crippen LogP contribution in [-0.2, 0) is 22.4 Å². The molecular weight excluding hydrogens is 288 g/mol. The molecule has 23 heavy (non-hydrogen) atoms. The minimum atomic E-state index is -0.195. The van der Waals surface area contributed by atoms with Crippen molar-refractivity contribution in [2.24, 2.45) is 17.3 Å². The van der Waals surface area contributed by atoms with Crippen LogP contribution < -0.4 is 0 Å². The number of aryl methyl sites for hydroxylation is 1. The summed E-state index contributed by atoms with van der Waals surface area (Å²) in [5, 5.41) is 0. The van der Waals surface area contributed by atoms with E-state index < -0.39 is 0 Å². The number of hydrogen-bond donors (Lipinski definition) is 0. The summed E-state index contributed by atoms with van der Waals surface area (Å²) in [4.78, 5) is 12.0. The molecule has 1 aromatic heterocycles. The molecular formula is C20H28O3. The number of allylic oxidation sites excluding steroid dienone is 1. The number of carbonyl (C=O) groups excluding carboxylic acids is 1. The fourth-order valence-electron chi connectivity index (χ4n) is 4.50. The van der Waals surface area contributed by atoms with E-state index in [1.165, 1.54) is 16.9 Å². The highest BCUT2D eigenvalue weighted by Crippen LogP contribution is 2.53. The van der Waals surface area contributed by atoms with Crippen LogP contribution in [0, 0.1) is 24.2 Å². The highest BCUT2D eigenvalue weighted by Gasteiger charge is 2.50. The third-order valence-electron chi connectivity index (χ3n) is 6.18. The largest absolute Gasteiger partial charge is 0.469 e. The normalized spacial score (nSPS) is 32.7. The van der Waals surface area contributed by atoms with Crippen LogP contribution in [0.4, 0.5) is 0 Å². The van der Waals surface area contributed by atoms with Gasteiger partial charge >= 0.3 is 5.97 Å². The molecule has 3 rings (SSSR count). The van der Waals surface area contributed by atoms with Crippen LogP contribution in [0.1, 0.15) is 57.4 Å². The lowest BCUT2D eigenvalue weighted by Gasteiger charge is -2.51. The molecule has 0 amide bonds. The number of esters is 1. The van der Waals surface area contributed by atoms with E-state index in [2.05, 4.69) is 20.8 Å². The Kier molecular flexibility index (Phi) is 4.16. The summed E-state index contributed by atoms with van der Waals surface area (Å²) in [5.74, 6) is 1.96. The second-order valence-corrected chi connectivity index (χ2v) is 7.97. The molecule has 0 radical (unpaired) electrons. The summed E-state index contributed by atoms with van der Waals surface area (Å²) in [7, 11) is 0. The number of rotatable bonds is 2. The van der Waals surface area contributed by atoms with Gasteiger partial charge in [0.15, 0.2) is 0 Å². The number of carbonyl (C=O) groups is 1. The third-order valence-corrected chi connectivity index (χ3v) is 6.18. The molecule has 0 saturated heterocycles. The molecule has 0 aromatic carbocycles. The zero-order valence-corrected chi connectivity index (χ0v) is 14.9. The van der Waals surface area contributed by atoms with E-state index in [0.29, 0.717) is 11.8 Å². The van der Waals surface area contributed by atoms with Crippen LogP contribution in [-0.4, -0.2) is 12.1 Å². The van der Waals surface area contributed by atoms with Crippen LogP contribution in [0.15, 0.2) is 22.3 Å². The predicted octanol–water partition coefficient (Wildman–Crippen LogP) is 4.62. The highest BCUT2D eigenvalue weighted by atomic mass is 16.5. The van der Waals surface area contributed by atoms with Crippen molar-refractivity contribution in [3.05, 3.63) is 34.8 Å². The maximum atomic E-state index is 12.0. The fourth-order valence-corrected chi connectivity index (χ4v) is 4.50. The Labute approximate surface area is 139 Å². The zero-order chi connectivity index (χ0) is 16.8. The topological polar surface area (TPSA) is 39.4 Å². The molecule has 1 heterocycles. The highest BCUT2D eigenvalue weighted by molar-refractivity contribution is 5.82. The van der Waals surface area contributed by atoms with Crippen molar-refractivity contribution in [3.8, 4) is 0 Å². The number of fused-ring (bicyclic) bond motifs is 2. The van der Waals surface area contributed by atoms with E-state index in [9.17, 15) is 4.79 Å². The summed E-state index contributed by atoms with van der Waals surface area (Å²) < 4.78 is 11.5. The number of furan rings is 1. The molecule has 0 N–H and O–H groups in total. The van der Waals surface area contributed by atoms with E-state index in [1.54, 1.807) is 6.08 Å². The molecule has 126 valence electrons. The van der Waals surface area contributed by atoms with E-state index in [4.69, 9.17) is 9.15 Å². The summed E-state index contributed by atoms with van der Waals surface area (Å²) in [6.07, 6.45) is 7.63. The van der Waals surface area contributed by atoms with Crippen LogP contribution in [0.5, 0.6) is 0 Å². The Morgan fingerprint density at radius 3 is 2.83 bits per heavy atom. The van der Waals surface area contributed by atoms with E-state index >= 15 is 0 Å². The van der Waals surface area contributed by atoms with Gasteiger partial charge in [-0.15, -0.1) is 0 Å². The first-order chi connectivity index (χ1) is 10.8. The Bertz CT molecular complexity index is 635. The molecule has 2 aliphatic carbocycles. The van der Waals surface area contributed by atoms with Gasteiger partial charge in [-0.25, -0.2) is 4.79 Å². The molecule has 0 spiro atoms. The van der Waals surface area contributed by atoms with Crippen LogP contribution in [0.3, 0.4) is 0 Å². The van der Waals surface area contributed by atoms with Gasteiger partial charge in [0, 0.05) is 12.5 Å². The van der Waals surface area contributed by atoms with Gasteiger partial charge in [-0.1, -0.05) is 19.4 Å². The van der Waals surface area contributed by atoms with Gasteiger partial charge < -0.3 is 9.15 Å². The Morgan fingerprint density at radius 2 is 2.13 bits per heavy atom. The smallest absolute Gasteiger partial charge is 0.330 e. The maximum Gasteiger partial charge on any atom is 0.330 e. The quantitative estimate of drug-likeness (QED) is 0.590. The van der Waals surface area contributed by atoms with E-state index in [0.717, 1.165) is 31.3 Å². The van der Waals surface area contributed by atoms with Crippen molar-refractivity contribution in [2.75, 3.05) is 0 Å². The average molecular weight is 316 g/mol. The Morgan fingerprint density at radius 1 is 1.39 bits per heavy atom. The second-order valence-electron chi connectivity index (χ2n) is 7.97. The van der Waals surface area contributed by atoms with Crippen molar-refractivity contribution < 1.29 is 13.9 Å². The summed E-state index contributed by atoms with van der Waals surface area (Å²) in [6, 6.07) is 0. The average Bonchev–Trinajstić information content (AvgIpc) is 2.81. The first-order valence-corrected chi connectivity index (χ1v) is 8.72. The van der Waals surface area contributed by atoms with Crippen molar-refractivity contribution in [2.45, 2.75) is 66.4 Å². The minimum Gasteiger partial charge on any atom is -0.469 e. The molecule has 1 saturated carbocycles. The molecule has 3 nitrogen and oxygen atoms in total. The fraction of sp³-hybridized carbons (Fsp3) is 0.650. The van der Waals surface area contributed by atoms with Gasteiger partial charge in [-0.05, 0) is 68.4 Å². The Balaban J connectivity index is 1.81. The molecule has 0 bridgehead atoms. The minimum absolute atomic E-state index is 0.0214. The number of ether oxygens (including phenoxy) is 1. The van der Waals surface area contributed by atoms with Gasteiger partial charge in [-0.2, -0.15) is 0 Å². The first-order valence-electron chi connectivity index (χ1n) is 8.72. The zero-order valence-electron chi connectivity index (χ0n) is 14.9. The van der Waals surface area contributed by atoms with Crippen molar-refractivity contribution >= 4 is 5.97 Å². The van der Waals surface area contributed by atoms with Crippen molar-refractivity contribution in [3.63, 3.8) is 0 Å². The molecule has 0 unspecified atom stereocenters. The van der Waals surface area contributed by atoms with Crippen LogP contribution in [0.25, 0.3) is 0 Å². The summed E-state index contributed by atoms with van der Waals surface area (Å²) in [6.45, 7) is 10.6. The third kappa shape index (κ3) is 2.86. The van der Waals surface area contributed by atoms with Crippen LogP contribution in [0.2, 0.25) is 0 Å². The molecule has 1 aromatic rings. The van der Waals surface area contributed by atoms with Gasteiger partial charge in [0.05, 0.1) is 6.26 Å². The lowest BCUT2D eigenvalue weighted by molar-refractivity contribution is -0.155. The van der Waals surface area contributed by atoms with Crippen molar-refractivity contribution in [1.82, 2.24) is 0 Å². The molecule has 4 atom stereocenters. The van der Waals surface area contributed by atoms with Gasteiger partial charge in [0.25, 0.3) is 0 Å². The van der Waals surface area contributed by atoms with Gasteiger partial charge in [0.2, 0.25) is 0 Å². The lowest BCUT2D eigenvalue weighted by Crippen LogP contribution is -2.50. The molecule has 1 fully saturated rings. The molecule has 2 aliphatic rings. The monoisotopic (exact) mass is 316 g/mol. The van der Waals surface area contributed by atoms with Gasteiger partial charge in [-0.3, -0.25) is 0 Å².